The van der Waals surface area contributed by atoms with Crippen LogP contribution in [0.5, 0.6) is 0 Å². The van der Waals surface area contributed by atoms with Gasteiger partial charge in [-0.15, -0.1) is 11.3 Å². The van der Waals surface area contributed by atoms with E-state index in [9.17, 15) is 0 Å². The molecule has 0 amide bonds. The van der Waals surface area contributed by atoms with Crippen LogP contribution in [0.15, 0.2) is 84.9 Å². The highest BCUT2D eigenvalue weighted by Crippen LogP contribution is 2.40. The molecule has 0 bridgehead atoms. The van der Waals surface area contributed by atoms with Crippen molar-refractivity contribution in [2.75, 3.05) is 23.7 Å². The molecule has 0 saturated heterocycles. The van der Waals surface area contributed by atoms with Crippen molar-refractivity contribution in [2.24, 2.45) is 0 Å². The van der Waals surface area contributed by atoms with Gasteiger partial charge in [0, 0.05) is 55.8 Å². The molecule has 0 aliphatic heterocycles. The van der Waals surface area contributed by atoms with Crippen molar-refractivity contribution in [1.29, 1.82) is 0 Å². The number of unbranched alkanes of at least 4 members (excludes halogenated alkanes) is 18. The number of benzene rings is 4. The van der Waals surface area contributed by atoms with Gasteiger partial charge in [0.05, 0.1) is 0 Å². The second-order valence-electron chi connectivity index (χ2n) is 14.8. The lowest BCUT2D eigenvalue weighted by molar-refractivity contribution is 0.560. The SMILES string of the molecule is CCCCCCCCCCCCNc1ccccc1-c1ccc2c(c1)sc1cc(-c3ccccc3NCCCCCCCCCCCC)ccc12. The molecule has 1 aromatic heterocycles. The highest BCUT2D eigenvalue weighted by molar-refractivity contribution is 7.25. The van der Waals surface area contributed by atoms with Gasteiger partial charge in [-0.2, -0.15) is 0 Å². The lowest BCUT2D eigenvalue weighted by atomic mass is 10.00. The van der Waals surface area contributed by atoms with E-state index in [0.29, 0.717) is 0 Å². The van der Waals surface area contributed by atoms with Crippen molar-refractivity contribution < 1.29 is 0 Å². The Morgan fingerprint density at radius 2 is 0.745 bits per heavy atom. The number of anilines is 2. The third kappa shape index (κ3) is 12.4. The summed E-state index contributed by atoms with van der Waals surface area (Å²) in [4.78, 5) is 0. The fraction of sp³-hybridized carbons (Fsp3) is 0.500. The number of rotatable bonds is 26. The maximum absolute atomic E-state index is 3.78. The maximum Gasteiger partial charge on any atom is 0.0419 e. The molecule has 0 saturated carbocycles. The Balaban J connectivity index is 1.14. The largest absolute Gasteiger partial charge is 0.385 e. The quantitative estimate of drug-likeness (QED) is 0.0561. The van der Waals surface area contributed by atoms with Gasteiger partial charge in [-0.1, -0.05) is 190 Å². The summed E-state index contributed by atoms with van der Waals surface area (Å²) >= 11 is 1.92. The van der Waals surface area contributed by atoms with Gasteiger partial charge >= 0.3 is 0 Å². The summed E-state index contributed by atoms with van der Waals surface area (Å²) in [6, 6.07) is 31.8. The second-order valence-corrected chi connectivity index (χ2v) is 15.9. The van der Waals surface area contributed by atoms with Gasteiger partial charge in [0.15, 0.2) is 0 Å². The first-order chi connectivity index (χ1) is 25.3. The van der Waals surface area contributed by atoms with Crippen molar-refractivity contribution in [3.63, 3.8) is 0 Å². The van der Waals surface area contributed by atoms with E-state index in [1.165, 1.54) is 182 Å². The van der Waals surface area contributed by atoms with Gasteiger partial charge in [0.2, 0.25) is 0 Å². The van der Waals surface area contributed by atoms with Gasteiger partial charge in [-0.25, -0.2) is 0 Å². The van der Waals surface area contributed by atoms with Crippen LogP contribution in [-0.2, 0) is 0 Å². The molecule has 1 heterocycles. The fourth-order valence-corrected chi connectivity index (χ4v) is 8.75. The van der Waals surface area contributed by atoms with Crippen LogP contribution in [0.3, 0.4) is 0 Å². The van der Waals surface area contributed by atoms with Crippen LogP contribution >= 0.6 is 11.3 Å². The summed E-state index contributed by atoms with van der Waals surface area (Å²) in [5, 5.41) is 10.3. The standard InChI is InChI=1S/C48H66N2S/c1-3-5-7-9-11-13-15-17-19-25-35-49-45-29-23-21-27-41(45)39-31-33-43-44-34-32-40(38-48(44)51-47(43)37-39)42-28-22-24-30-46(42)50-36-26-20-18-16-14-12-10-8-6-4-2/h21-24,27-34,37-38,49-50H,3-20,25-26,35-36H2,1-2H3. The molecule has 274 valence electrons. The first-order valence-corrected chi connectivity index (χ1v) is 21.7. The van der Waals surface area contributed by atoms with E-state index in [2.05, 4.69) is 109 Å². The number of nitrogens with one attached hydrogen (secondary N) is 2. The molecule has 5 rings (SSSR count). The topological polar surface area (TPSA) is 24.1 Å². The zero-order valence-corrected chi connectivity index (χ0v) is 32.9. The summed E-state index contributed by atoms with van der Waals surface area (Å²) < 4.78 is 2.72. The molecule has 2 N–H and O–H groups in total. The smallest absolute Gasteiger partial charge is 0.0419 e. The number of para-hydroxylation sites is 2. The maximum atomic E-state index is 3.78. The number of hydrogen-bond donors (Lipinski definition) is 2. The van der Waals surface area contributed by atoms with Crippen LogP contribution in [0, 0.1) is 0 Å². The molecule has 4 aromatic carbocycles. The highest BCUT2D eigenvalue weighted by atomic mass is 32.1. The predicted molar refractivity (Wildman–Crippen MR) is 231 cm³/mol. The molecule has 0 radical (unpaired) electrons. The minimum atomic E-state index is 1.04. The second kappa shape index (κ2) is 22.6. The van der Waals surface area contributed by atoms with Crippen LogP contribution in [0.4, 0.5) is 11.4 Å². The first-order valence-electron chi connectivity index (χ1n) is 20.9. The van der Waals surface area contributed by atoms with Crippen LogP contribution in [-0.4, -0.2) is 13.1 Å². The van der Waals surface area contributed by atoms with E-state index >= 15 is 0 Å². The van der Waals surface area contributed by atoms with E-state index in [-0.39, 0.29) is 0 Å². The van der Waals surface area contributed by atoms with Crippen molar-refractivity contribution in [3.8, 4) is 22.3 Å². The van der Waals surface area contributed by atoms with Crippen LogP contribution in [0.1, 0.15) is 142 Å². The molecule has 0 unspecified atom stereocenters. The summed E-state index contributed by atoms with van der Waals surface area (Å²) in [5.41, 5.74) is 7.68. The Morgan fingerprint density at radius 3 is 1.14 bits per heavy atom. The summed E-state index contributed by atoms with van der Waals surface area (Å²) in [5.74, 6) is 0. The van der Waals surface area contributed by atoms with Crippen molar-refractivity contribution in [1.82, 2.24) is 0 Å². The van der Waals surface area contributed by atoms with E-state index in [4.69, 9.17) is 0 Å². The summed E-state index contributed by atoms with van der Waals surface area (Å²) in [7, 11) is 0. The molecule has 51 heavy (non-hydrogen) atoms. The molecule has 0 spiro atoms. The zero-order chi connectivity index (χ0) is 35.4. The summed E-state index contributed by atoms with van der Waals surface area (Å²) in [6.45, 7) is 6.67. The Kier molecular flexibility index (Phi) is 17.2. The van der Waals surface area contributed by atoms with Gasteiger partial charge in [0.25, 0.3) is 0 Å². The van der Waals surface area contributed by atoms with Gasteiger partial charge < -0.3 is 10.6 Å². The van der Waals surface area contributed by atoms with Gasteiger partial charge in [0.1, 0.15) is 0 Å². The van der Waals surface area contributed by atoms with Crippen molar-refractivity contribution in [2.45, 2.75) is 142 Å². The Labute approximate surface area is 314 Å². The van der Waals surface area contributed by atoms with E-state index in [0.717, 1.165) is 13.1 Å². The minimum absolute atomic E-state index is 1.04. The van der Waals surface area contributed by atoms with Crippen LogP contribution in [0.2, 0.25) is 0 Å². The number of fused-ring (bicyclic) bond motifs is 3. The molecule has 5 aromatic rings. The molecule has 0 fully saturated rings. The monoisotopic (exact) mass is 702 g/mol. The Morgan fingerprint density at radius 1 is 0.392 bits per heavy atom. The van der Waals surface area contributed by atoms with E-state index in [1.54, 1.807) is 0 Å². The first kappa shape index (κ1) is 38.9. The Bertz CT molecular complexity index is 1580. The van der Waals surface area contributed by atoms with Gasteiger partial charge in [-0.05, 0) is 48.2 Å². The molecule has 0 aliphatic rings. The van der Waals surface area contributed by atoms with E-state index < -0.39 is 0 Å². The molecule has 0 aliphatic carbocycles. The average molecular weight is 703 g/mol. The van der Waals surface area contributed by atoms with Crippen molar-refractivity contribution >= 4 is 42.9 Å². The highest BCUT2D eigenvalue weighted by Gasteiger charge is 2.12. The number of hydrogen-bond acceptors (Lipinski definition) is 3. The normalized spacial score (nSPS) is 11.5. The fourth-order valence-electron chi connectivity index (χ4n) is 7.56. The minimum Gasteiger partial charge on any atom is -0.385 e. The lowest BCUT2D eigenvalue weighted by Gasteiger charge is -2.13. The average Bonchev–Trinajstić information content (AvgIpc) is 3.53. The number of thiophene rings is 1. The molecular formula is C48H66N2S. The Hall–Kier alpha value is -3.30. The van der Waals surface area contributed by atoms with Crippen LogP contribution in [0.25, 0.3) is 42.4 Å². The van der Waals surface area contributed by atoms with Gasteiger partial charge in [-0.3, -0.25) is 0 Å². The molecular weight excluding hydrogens is 637 g/mol. The van der Waals surface area contributed by atoms with Crippen molar-refractivity contribution in [3.05, 3.63) is 84.9 Å². The van der Waals surface area contributed by atoms with Crippen LogP contribution < -0.4 is 10.6 Å². The third-order valence-electron chi connectivity index (χ3n) is 10.6. The lowest BCUT2D eigenvalue weighted by Crippen LogP contribution is -2.02. The zero-order valence-electron chi connectivity index (χ0n) is 32.0. The molecule has 3 heteroatoms. The summed E-state index contributed by atoms with van der Waals surface area (Å²) in [6.07, 6.45) is 27.4. The molecule has 2 nitrogen and oxygen atoms in total. The third-order valence-corrected chi connectivity index (χ3v) is 11.8. The predicted octanol–water partition coefficient (Wildman–Crippen LogP) is 16.1. The molecule has 0 atom stereocenters. The van der Waals surface area contributed by atoms with E-state index in [1.807, 2.05) is 11.3 Å².